The van der Waals surface area contributed by atoms with E-state index < -0.39 is 0 Å². The molecule has 1 saturated heterocycles. The second-order valence-corrected chi connectivity index (χ2v) is 6.54. The van der Waals surface area contributed by atoms with Crippen LogP contribution in [0.2, 0.25) is 0 Å². The van der Waals surface area contributed by atoms with E-state index in [0.717, 1.165) is 12.5 Å². The second-order valence-electron chi connectivity index (χ2n) is 6.54. The lowest BCUT2D eigenvalue weighted by Crippen LogP contribution is -2.33. The quantitative estimate of drug-likeness (QED) is 0.922. The van der Waals surface area contributed by atoms with Gasteiger partial charge in [-0.25, -0.2) is 0 Å². The fourth-order valence-electron chi connectivity index (χ4n) is 3.46. The third kappa shape index (κ3) is 3.57. The SMILES string of the molecule is CC1CCCN(Cc2ccc(-c3ccccc3CN)cc2)C1. The average Bonchev–Trinajstić information content (AvgIpc) is 2.56. The zero-order valence-electron chi connectivity index (χ0n) is 13.5. The fraction of sp³-hybridized carbons (Fsp3) is 0.400. The van der Waals surface area contributed by atoms with Crippen LogP contribution in [-0.4, -0.2) is 18.0 Å². The average molecular weight is 294 g/mol. The van der Waals surface area contributed by atoms with Crippen molar-refractivity contribution in [3.8, 4) is 11.1 Å². The maximum atomic E-state index is 5.85. The summed E-state index contributed by atoms with van der Waals surface area (Å²) in [5, 5.41) is 0. The Morgan fingerprint density at radius 2 is 1.86 bits per heavy atom. The van der Waals surface area contributed by atoms with E-state index in [2.05, 4.69) is 60.4 Å². The van der Waals surface area contributed by atoms with Gasteiger partial charge in [-0.15, -0.1) is 0 Å². The highest BCUT2D eigenvalue weighted by Gasteiger charge is 2.16. The van der Waals surface area contributed by atoms with Crippen molar-refractivity contribution in [1.29, 1.82) is 0 Å². The molecule has 0 bridgehead atoms. The molecular weight excluding hydrogens is 268 g/mol. The Morgan fingerprint density at radius 3 is 2.59 bits per heavy atom. The smallest absolute Gasteiger partial charge is 0.0233 e. The highest BCUT2D eigenvalue weighted by atomic mass is 15.1. The van der Waals surface area contributed by atoms with Gasteiger partial charge in [0.25, 0.3) is 0 Å². The number of nitrogens with two attached hydrogens (primary N) is 1. The van der Waals surface area contributed by atoms with Crippen LogP contribution in [0.4, 0.5) is 0 Å². The van der Waals surface area contributed by atoms with Gasteiger partial charge < -0.3 is 5.73 Å². The van der Waals surface area contributed by atoms with Crippen molar-refractivity contribution in [2.24, 2.45) is 11.7 Å². The molecular formula is C20H26N2. The summed E-state index contributed by atoms with van der Waals surface area (Å²) in [5.74, 6) is 0.837. The minimum Gasteiger partial charge on any atom is -0.326 e. The molecule has 1 fully saturated rings. The van der Waals surface area contributed by atoms with Crippen molar-refractivity contribution in [3.05, 3.63) is 59.7 Å². The summed E-state index contributed by atoms with van der Waals surface area (Å²) in [7, 11) is 0. The van der Waals surface area contributed by atoms with E-state index in [0.29, 0.717) is 6.54 Å². The van der Waals surface area contributed by atoms with E-state index in [1.54, 1.807) is 0 Å². The van der Waals surface area contributed by atoms with E-state index >= 15 is 0 Å². The number of hydrogen-bond donors (Lipinski definition) is 1. The molecule has 3 rings (SSSR count). The molecule has 1 aliphatic rings. The Morgan fingerprint density at radius 1 is 1.09 bits per heavy atom. The summed E-state index contributed by atoms with van der Waals surface area (Å²) in [6.45, 7) is 6.49. The fourth-order valence-corrected chi connectivity index (χ4v) is 3.46. The first-order valence-electron chi connectivity index (χ1n) is 8.36. The Balaban J connectivity index is 1.72. The molecule has 116 valence electrons. The number of piperidine rings is 1. The van der Waals surface area contributed by atoms with Crippen molar-refractivity contribution in [2.75, 3.05) is 13.1 Å². The van der Waals surface area contributed by atoms with E-state index in [-0.39, 0.29) is 0 Å². The molecule has 2 aromatic carbocycles. The molecule has 2 N–H and O–H groups in total. The summed E-state index contributed by atoms with van der Waals surface area (Å²) in [5.41, 5.74) is 11.0. The van der Waals surface area contributed by atoms with Crippen LogP contribution in [0, 0.1) is 5.92 Å². The highest BCUT2D eigenvalue weighted by Crippen LogP contribution is 2.24. The number of nitrogens with zero attached hydrogens (tertiary/aromatic N) is 1. The summed E-state index contributed by atoms with van der Waals surface area (Å²) in [4.78, 5) is 2.58. The molecule has 2 aromatic rings. The molecule has 1 unspecified atom stereocenters. The summed E-state index contributed by atoms with van der Waals surface area (Å²) in [6.07, 6.45) is 2.72. The molecule has 1 heterocycles. The molecule has 2 heteroatoms. The van der Waals surface area contributed by atoms with Gasteiger partial charge in [-0.3, -0.25) is 4.90 Å². The molecule has 0 radical (unpaired) electrons. The highest BCUT2D eigenvalue weighted by molar-refractivity contribution is 5.67. The van der Waals surface area contributed by atoms with E-state index in [1.165, 1.54) is 48.2 Å². The topological polar surface area (TPSA) is 29.3 Å². The Bertz CT molecular complexity index is 603. The first-order valence-corrected chi connectivity index (χ1v) is 8.36. The Hall–Kier alpha value is -1.64. The van der Waals surface area contributed by atoms with Crippen LogP contribution in [0.1, 0.15) is 30.9 Å². The zero-order chi connectivity index (χ0) is 15.4. The van der Waals surface area contributed by atoms with Gasteiger partial charge in [-0.2, -0.15) is 0 Å². The third-order valence-electron chi connectivity index (χ3n) is 4.65. The van der Waals surface area contributed by atoms with Gasteiger partial charge in [-0.1, -0.05) is 55.5 Å². The molecule has 0 spiro atoms. The third-order valence-corrected chi connectivity index (χ3v) is 4.65. The second kappa shape index (κ2) is 7.08. The van der Waals surface area contributed by atoms with Gasteiger partial charge >= 0.3 is 0 Å². The van der Waals surface area contributed by atoms with Gasteiger partial charge in [-0.05, 0) is 47.6 Å². The molecule has 0 amide bonds. The van der Waals surface area contributed by atoms with Gasteiger partial charge in [0, 0.05) is 19.6 Å². The van der Waals surface area contributed by atoms with Crippen LogP contribution in [0.15, 0.2) is 48.5 Å². The van der Waals surface area contributed by atoms with E-state index in [4.69, 9.17) is 5.73 Å². The van der Waals surface area contributed by atoms with Gasteiger partial charge in [0.2, 0.25) is 0 Å². The maximum Gasteiger partial charge on any atom is 0.0233 e. The zero-order valence-corrected chi connectivity index (χ0v) is 13.5. The van der Waals surface area contributed by atoms with Gasteiger partial charge in [0.05, 0.1) is 0 Å². The summed E-state index contributed by atoms with van der Waals surface area (Å²) in [6, 6.07) is 17.4. The predicted octanol–water partition coefficient (Wildman–Crippen LogP) is 4.04. The van der Waals surface area contributed by atoms with E-state index in [9.17, 15) is 0 Å². The van der Waals surface area contributed by atoms with Crippen molar-refractivity contribution >= 4 is 0 Å². The van der Waals surface area contributed by atoms with Crippen molar-refractivity contribution in [1.82, 2.24) is 4.90 Å². The summed E-state index contributed by atoms with van der Waals surface area (Å²) < 4.78 is 0. The van der Waals surface area contributed by atoms with Crippen LogP contribution in [0.5, 0.6) is 0 Å². The normalized spacial score (nSPS) is 19.3. The lowest BCUT2D eigenvalue weighted by atomic mass is 9.97. The monoisotopic (exact) mass is 294 g/mol. The van der Waals surface area contributed by atoms with Crippen molar-refractivity contribution in [2.45, 2.75) is 32.9 Å². The lowest BCUT2D eigenvalue weighted by molar-refractivity contribution is 0.176. The molecule has 0 aliphatic carbocycles. The van der Waals surface area contributed by atoms with Crippen LogP contribution in [0.3, 0.4) is 0 Å². The van der Waals surface area contributed by atoms with Crippen LogP contribution < -0.4 is 5.73 Å². The van der Waals surface area contributed by atoms with Crippen molar-refractivity contribution < 1.29 is 0 Å². The number of rotatable bonds is 4. The van der Waals surface area contributed by atoms with Crippen LogP contribution in [0.25, 0.3) is 11.1 Å². The van der Waals surface area contributed by atoms with Crippen molar-refractivity contribution in [3.63, 3.8) is 0 Å². The standard InChI is InChI=1S/C20H26N2/c1-16-5-4-12-22(14-16)15-17-8-10-18(11-9-17)20-7-3-2-6-19(20)13-21/h2-3,6-11,16H,4-5,12-15,21H2,1H3. The number of hydrogen-bond acceptors (Lipinski definition) is 2. The first kappa shape index (κ1) is 15.3. The van der Waals surface area contributed by atoms with Crippen LogP contribution in [-0.2, 0) is 13.1 Å². The molecule has 1 atom stereocenters. The Labute approximate surface area is 134 Å². The molecule has 2 nitrogen and oxygen atoms in total. The molecule has 1 aliphatic heterocycles. The first-order chi connectivity index (χ1) is 10.8. The summed E-state index contributed by atoms with van der Waals surface area (Å²) >= 11 is 0. The Kier molecular flexibility index (Phi) is 4.91. The molecule has 0 saturated carbocycles. The van der Waals surface area contributed by atoms with Gasteiger partial charge in [0.1, 0.15) is 0 Å². The molecule has 22 heavy (non-hydrogen) atoms. The van der Waals surface area contributed by atoms with Gasteiger partial charge in [0.15, 0.2) is 0 Å². The largest absolute Gasteiger partial charge is 0.326 e. The number of benzene rings is 2. The van der Waals surface area contributed by atoms with Crippen LogP contribution >= 0.6 is 0 Å². The minimum atomic E-state index is 0.587. The predicted molar refractivity (Wildman–Crippen MR) is 93.4 cm³/mol. The number of likely N-dealkylation sites (tertiary alicyclic amines) is 1. The molecule has 0 aromatic heterocycles. The maximum absolute atomic E-state index is 5.85. The lowest BCUT2D eigenvalue weighted by Gasteiger charge is -2.30. The minimum absolute atomic E-state index is 0.587. The van der Waals surface area contributed by atoms with E-state index in [1.807, 2.05) is 0 Å².